The molecule has 0 radical (unpaired) electrons. The average Bonchev–Trinajstić information content (AvgIpc) is 3.11. The van der Waals surface area contributed by atoms with E-state index < -0.39 is 0 Å². The largest absolute Gasteiger partial charge is 0.462 e. The zero-order valence-electron chi connectivity index (χ0n) is 13.1. The molecule has 3 aliphatic rings. The highest BCUT2D eigenvalue weighted by Gasteiger charge is 2.24. The van der Waals surface area contributed by atoms with Crippen LogP contribution in [0.5, 0.6) is 5.88 Å². The number of ether oxygens (including phenoxy) is 1. The number of benzene rings is 1. The average molecular weight is 327 g/mol. The van der Waals surface area contributed by atoms with Crippen LogP contribution in [0.15, 0.2) is 30.3 Å². The van der Waals surface area contributed by atoms with E-state index in [9.17, 15) is 0 Å². The highest BCUT2D eigenvalue weighted by molar-refractivity contribution is 6.99. The minimum Gasteiger partial charge on any atom is -0.462 e. The Balaban J connectivity index is 0.000000162. The Morgan fingerprint density at radius 3 is 2.35 bits per heavy atom. The molecule has 0 atom stereocenters. The summed E-state index contributed by atoms with van der Waals surface area (Å²) in [5.74, 6) is 4.01. The molecule has 3 fully saturated rings. The quantitative estimate of drug-likeness (QED) is 0.811. The summed E-state index contributed by atoms with van der Waals surface area (Å²) >= 11 is 1.12. The van der Waals surface area contributed by atoms with Crippen LogP contribution in [0.4, 0.5) is 0 Å². The van der Waals surface area contributed by atoms with Gasteiger partial charge in [-0.15, -0.1) is 10.8 Å². The fourth-order valence-corrected chi connectivity index (χ4v) is 3.54. The number of fused-ring (bicyclic) bond motifs is 3. The van der Waals surface area contributed by atoms with Crippen LogP contribution < -0.4 is 4.74 Å². The molecule has 1 aromatic heterocycles. The van der Waals surface area contributed by atoms with Crippen molar-refractivity contribution in [3.05, 3.63) is 30.3 Å². The second-order valence-corrected chi connectivity index (χ2v) is 6.38. The van der Waals surface area contributed by atoms with Crippen molar-refractivity contribution in [1.82, 2.24) is 13.6 Å². The van der Waals surface area contributed by atoms with Crippen LogP contribution in [0, 0.1) is 18.3 Å². The summed E-state index contributed by atoms with van der Waals surface area (Å²) in [6.45, 7) is 4.39. The molecular formula is C18H21N3OS. The fraction of sp³-hybridized carbons (Fsp3) is 0.444. The second kappa shape index (κ2) is 8.09. The highest BCUT2D eigenvalue weighted by atomic mass is 32.1. The van der Waals surface area contributed by atoms with Gasteiger partial charge in [0.2, 0.25) is 0 Å². The molecule has 1 aromatic carbocycles. The summed E-state index contributed by atoms with van der Waals surface area (Å²) in [6.07, 6.45) is 9.57. The van der Waals surface area contributed by atoms with Crippen LogP contribution in [-0.4, -0.2) is 39.9 Å². The van der Waals surface area contributed by atoms with Crippen molar-refractivity contribution in [2.75, 3.05) is 26.2 Å². The van der Waals surface area contributed by atoms with E-state index in [-0.39, 0.29) is 6.61 Å². The summed E-state index contributed by atoms with van der Waals surface area (Å²) in [4.78, 5) is 2.58. The first-order valence-corrected chi connectivity index (χ1v) is 8.76. The van der Waals surface area contributed by atoms with Gasteiger partial charge in [0.05, 0.1) is 11.7 Å². The normalized spacial score (nSPS) is 21.9. The maximum Gasteiger partial charge on any atom is 0.254 e. The second-order valence-electron chi connectivity index (χ2n) is 5.85. The zero-order valence-corrected chi connectivity index (χ0v) is 14.0. The molecule has 5 rings (SSSR count). The smallest absolute Gasteiger partial charge is 0.254 e. The number of hydrogen-bond acceptors (Lipinski definition) is 5. The van der Waals surface area contributed by atoms with Gasteiger partial charge in [-0.25, -0.2) is 0 Å². The lowest BCUT2D eigenvalue weighted by Gasteiger charge is -2.38. The van der Waals surface area contributed by atoms with Crippen molar-refractivity contribution in [1.29, 1.82) is 0 Å². The Kier molecular flexibility index (Phi) is 5.62. The highest BCUT2D eigenvalue weighted by Crippen LogP contribution is 2.27. The number of aromatic nitrogens is 2. The van der Waals surface area contributed by atoms with Crippen molar-refractivity contribution in [3.63, 3.8) is 0 Å². The van der Waals surface area contributed by atoms with Gasteiger partial charge in [-0.2, -0.15) is 4.37 Å². The van der Waals surface area contributed by atoms with Crippen LogP contribution in [0.25, 0.3) is 11.3 Å². The van der Waals surface area contributed by atoms with E-state index in [0.29, 0.717) is 5.88 Å². The Bertz CT molecular complexity index is 619. The minimum atomic E-state index is 0.214. The summed E-state index contributed by atoms with van der Waals surface area (Å²) < 4.78 is 13.5. The van der Waals surface area contributed by atoms with Crippen molar-refractivity contribution < 1.29 is 4.74 Å². The number of piperidine rings is 3. The molecule has 3 aliphatic heterocycles. The van der Waals surface area contributed by atoms with Gasteiger partial charge in [-0.05, 0) is 44.8 Å². The molecule has 2 bridgehead atoms. The predicted molar refractivity (Wildman–Crippen MR) is 93.5 cm³/mol. The molecule has 0 aliphatic carbocycles. The molecule has 4 heterocycles. The number of nitrogens with zero attached hydrogens (tertiary/aromatic N) is 3. The van der Waals surface area contributed by atoms with E-state index >= 15 is 0 Å². The number of rotatable bonds is 3. The topological polar surface area (TPSA) is 38.3 Å². The van der Waals surface area contributed by atoms with E-state index in [1.165, 1.54) is 38.9 Å². The Morgan fingerprint density at radius 1 is 1.13 bits per heavy atom. The lowest BCUT2D eigenvalue weighted by atomic mass is 9.89. The van der Waals surface area contributed by atoms with E-state index in [4.69, 9.17) is 11.2 Å². The molecular weight excluding hydrogens is 306 g/mol. The van der Waals surface area contributed by atoms with Gasteiger partial charge in [-0.1, -0.05) is 36.3 Å². The summed E-state index contributed by atoms with van der Waals surface area (Å²) in [5, 5.41) is 0. The lowest BCUT2D eigenvalue weighted by molar-refractivity contribution is 0.111. The van der Waals surface area contributed by atoms with Crippen LogP contribution in [-0.2, 0) is 0 Å². The van der Waals surface area contributed by atoms with Crippen molar-refractivity contribution in [2.24, 2.45) is 5.92 Å². The first kappa shape index (κ1) is 16.0. The summed E-state index contributed by atoms with van der Waals surface area (Å²) in [7, 11) is 0. The van der Waals surface area contributed by atoms with Gasteiger partial charge >= 0.3 is 0 Å². The van der Waals surface area contributed by atoms with Gasteiger partial charge in [0, 0.05) is 5.56 Å². The maximum atomic E-state index is 5.28. The Hall–Kier alpha value is -1.90. The third-order valence-corrected chi connectivity index (χ3v) is 4.87. The minimum absolute atomic E-state index is 0.214. The van der Waals surface area contributed by atoms with Crippen LogP contribution in [0.3, 0.4) is 0 Å². The summed E-state index contributed by atoms with van der Waals surface area (Å²) in [5.41, 5.74) is 1.73. The van der Waals surface area contributed by atoms with Gasteiger partial charge in [0.1, 0.15) is 5.69 Å². The molecule has 0 amide bonds. The third kappa shape index (κ3) is 4.31. The van der Waals surface area contributed by atoms with Crippen molar-refractivity contribution in [2.45, 2.75) is 19.3 Å². The van der Waals surface area contributed by atoms with Crippen LogP contribution >= 0.6 is 11.7 Å². The zero-order chi connectivity index (χ0) is 15.9. The van der Waals surface area contributed by atoms with E-state index in [0.717, 1.165) is 28.9 Å². The monoisotopic (exact) mass is 327 g/mol. The molecule has 0 saturated carbocycles. The lowest BCUT2D eigenvalue weighted by Crippen LogP contribution is -2.41. The molecule has 4 nitrogen and oxygen atoms in total. The van der Waals surface area contributed by atoms with Gasteiger partial charge in [0.15, 0.2) is 6.61 Å². The van der Waals surface area contributed by atoms with Crippen LogP contribution in [0.1, 0.15) is 19.3 Å². The van der Waals surface area contributed by atoms with E-state index in [1.54, 1.807) is 0 Å². The van der Waals surface area contributed by atoms with E-state index in [2.05, 4.69) is 19.6 Å². The van der Waals surface area contributed by atoms with E-state index in [1.807, 2.05) is 30.3 Å². The maximum absolute atomic E-state index is 5.28. The number of hydrogen-bond donors (Lipinski definition) is 0. The standard InChI is InChI=1S/C11H8N2OS.C7H13N/c1-2-8-14-11-10(12-15-13-11)9-6-4-3-5-7-9;1-4-8-5-2-7(1)3-6-8/h1,3-7H,8H2;7H,1-6H2. The first-order valence-electron chi connectivity index (χ1n) is 8.03. The van der Waals surface area contributed by atoms with Gasteiger partial charge in [-0.3, -0.25) is 0 Å². The molecule has 120 valence electrons. The molecule has 5 heteroatoms. The van der Waals surface area contributed by atoms with Crippen molar-refractivity contribution >= 4 is 11.7 Å². The first-order chi connectivity index (χ1) is 11.4. The fourth-order valence-electron chi connectivity index (χ4n) is 3.02. The molecule has 23 heavy (non-hydrogen) atoms. The van der Waals surface area contributed by atoms with Gasteiger partial charge < -0.3 is 9.64 Å². The van der Waals surface area contributed by atoms with Gasteiger partial charge in [0.25, 0.3) is 5.88 Å². The third-order valence-electron chi connectivity index (χ3n) is 4.36. The Morgan fingerprint density at radius 2 is 1.83 bits per heavy atom. The molecule has 2 aromatic rings. The molecule has 0 N–H and O–H groups in total. The molecule has 0 spiro atoms. The SMILES string of the molecule is C#CCOc1nsnc1-c1ccccc1.C1CN2CCC1CC2. The molecule has 0 unspecified atom stereocenters. The van der Waals surface area contributed by atoms with Crippen LogP contribution in [0.2, 0.25) is 0 Å². The Labute approximate surface area is 141 Å². The number of terminal acetylenes is 1. The predicted octanol–water partition coefficient (Wildman–Crippen LogP) is 3.32. The van der Waals surface area contributed by atoms with Crippen molar-refractivity contribution in [3.8, 4) is 29.5 Å². The molecule has 3 saturated heterocycles. The summed E-state index contributed by atoms with van der Waals surface area (Å²) in [6, 6.07) is 9.75.